The van der Waals surface area contributed by atoms with E-state index in [9.17, 15) is 4.79 Å². The molecule has 0 unspecified atom stereocenters. The topological polar surface area (TPSA) is 42.0 Å². The molecule has 5 heteroatoms. The molecule has 0 bridgehead atoms. The number of carbonyl (C=O) groups excluding carboxylic acids is 1. The zero-order valence-electron chi connectivity index (χ0n) is 16.0. The third-order valence-electron chi connectivity index (χ3n) is 4.47. The molecule has 0 saturated carbocycles. The van der Waals surface area contributed by atoms with Crippen LogP contribution in [0, 0.1) is 0 Å². The van der Waals surface area contributed by atoms with Crippen molar-refractivity contribution in [3.63, 3.8) is 0 Å². The van der Waals surface area contributed by atoms with Gasteiger partial charge >= 0.3 is 6.09 Å². The molecule has 0 radical (unpaired) electrons. The van der Waals surface area contributed by atoms with Crippen LogP contribution in [-0.4, -0.2) is 58.9 Å². The Morgan fingerprint density at radius 1 is 1.12 bits per heavy atom. The van der Waals surface area contributed by atoms with E-state index in [-0.39, 0.29) is 17.3 Å². The summed E-state index contributed by atoms with van der Waals surface area (Å²) in [7, 11) is 0. The molecule has 2 aliphatic rings. The number of ether oxygens (including phenoxy) is 2. The second-order valence-electron chi connectivity index (χ2n) is 9.01. The second kappa shape index (κ2) is 6.29. The van der Waals surface area contributed by atoms with Gasteiger partial charge in [0.2, 0.25) is 0 Å². The van der Waals surface area contributed by atoms with Gasteiger partial charge in [-0.3, -0.25) is 4.90 Å². The number of morpholine rings is 1. The van der Waals surface area contributed by atoms with Crippen molar-refractivity contribution in [2.24, 2.45) is 0 Å². The van der Waals surface area contributed by atoms with Crippen molar-refractivity contribution < 1.29 is 14.3 Å². The maximum Gasteiger partial charge on any atom is 0.410 e. The summed E-state index contributed by atoms with van der Waals surface area (Å²) in [6, 6.07) is 10.5. The van der Waals surface area contributed by atoms with Crippen LogP contribution < -0.4 is 0 Å². The molecule has 1 aromatic rings. The largest absolute Gasteiger partial charge is 0.444 e. The monoisotopic (exact) mass is 346 g/mol. The first-order valence-corrected chi connectivity index (χ1v) is 9.00. The quantitative estimate of drug-likeness (QED) is 0.824. The number of hydrogen-bond acceptors (Lipinski definition) is 4. The van der Waals surface area contributed by atoms with Crippen molar-refractivity contribution in [1.82, 2.24) is 9.80 Å². The van der Waals surface area contributed by atoms with E-state index in [0.717, 1.165) is 19.6 Å². The number of nitrogens with zero attached hydrogens (tertiary/aromatic N) is 2. The minimum atomic E-state index is -0.466. The summed E-state index contributed by atoms with van der Waals surface area (Å²) in [5, 5.41) is 0. The van der Waals surface area contributed by atoms with E-state index in [0.29, 0.717) is 13.1 Å². The van der Waals surface area contributed by atoms with Gasteiger partial charge in [0.25, 0.3) is 0 Å². The first kappa shape index (κ1) is 18.2. The molecule has 1 aromatic carbocycles. The smallest absolute Gasteiger partial charge is 0.410 e. The molecule has 2 aliphatic heterocycles. The SMILES string of the molecule is CC(C)(C)OC(=O)N1CC2(CN(Cc3ccccc3)CC(C)(C)O2)C1. The fraction of sp³-hybridized carbons (Fsp3) is 0.650. The fourth-order valence-electron chi connectivity index (χ4n) is 3.88. The van der Waals surface area contributed by atoms with Crippen LogP contribution >= 0.6 is 0 Å². The number of rotatable bonds is 2. The average molecular weight is 346 g/mol. The highest BCUT2D eigenvalue weighted by Gasteiger charge is 2.53. The van der Waals surface area contributed by atoms with Crippen LogP contribution in [0.4, 0.5) is 4.79 Å². The van der Waals surface area contributed by atoms with Crippen molar-refractivity contribution in [1.29, 1.82) is 0 Å². The lowest BCUT2D eigenvalue weighted by Gasteiger charge is -2.57. The molecule has 25 heavy (non-hydrogen) atoms. The molecule has 2 saturated heterocycles. The Hall–Kier alpha value is -1.59. The highest BCUT2D eigenvalue weighted by Crippen LogP contribution is 2.36. The summed E-state index contributed by atoms with van der Waals surface area (Å²) in [6.07, 6.45) is -0.250. The lowest BCUT2D eigenvalue weighted by atomic mass is 9.88. The van der Waals surface area contributed by atoms with Crippen molar-refractivity contribution in [2.45, 2.75) is 58.0 Å². The Balaban J connectivity index is 1.63. The number of hydrogen-bond donors (Lipinski definition) is 0. The van der Waals surface area contributed by atoms with E-state index in [1.165, 1.54) is 5.56 Å². The summed E-state index contributed by atoms with van der Waals surface area (Å²) in [4.78, 5) is 16.4. The molecular formula is C20H30N2O3. The Kier molecular flexibility index (Phi) is 4.58. The van der Waals surface area contributed by atoms with Gasteiger partial charge in [-0.1, -0.05) is 30.3 Å². The molecule has 5 nitrogen and oxygen atoms in total. The summed E-state index contributed by atoms with van der Waals surface area (Å²) < 4.78 is 11.9. The molecule has 2 fully saturated rings. The van der Waals surface area contributed by atoms with Crippen molar-refractivity contribution in [3.8, 4) is 0 Å². The van der Waals surface area contributed by atoms with Crippen LogP contribution in [0.5, 0.6) is 0 Å². The van der Waals surface area contributed by atoms with Gasteiger partial charge in [0.15, 0.2) is 0 Å². The molecule has 1 spiro atoms. The van der Waals surface area contributed by atoms with Gasteiger partial charge in [-0.2, -0.15) is 0 Å². The number of benzene rings is 1. The van der Waals surface area contributed by atoms with Crippen LogP contribution in [-0.2, 0) is 16.0 Å². The highest BCUT2D eigenvalue weighted by atomic mass is 16.6. The number of likely N-dealkylation sites (tertiary alicyclic amines) is 1. The van der Waals surface area contributed by atoms with E-state index >= 15 is 0 Å². The van der Waals surface area contributed by atoms with Crippen LogP contribution in [0.1, 0.15) is 40.2 Å². The van der Waals surface area contributed by atoms with Gasteiger partial charge in [-0.25, -0.2) is 4.79 Å². The van der Waals surface area contributed by atoms with Gasteiger partial charge < -0.3 is 14.4 Å². The predicted molar refractivity (Wildman–Crippen MR) is 97.4 cm³/mol. The minimum Gasteiger partial charge on any atom is -0.444 e. The molecule has 0 atom stereocenters. The van der Waals surface area contributed by atoms with Crippen LogP contribution in [0.3, 0.4) is 0 Å². The lowest BCUT2D eigenvalue weighted by Crippen LogP contribution is -2.74. The maximum absolute atomic E-state index is 12.2. The van der Waals surface area contributed by atoms with Crippen LogP contribution in [0.2, 0.25) is 0 Å². The highest BCUT2D eigenvalue weighted by molar-refractivity contribution is 5.69. The number of amides is 1. The van der Waals surface area contributed by atoms with Gasteiger partial charge in [0, 0.05) is 19.6 Å². The molecule has 138 valence electrons. The molecule has 1 amide bonds. The second-order valence-corrected chi connectivity index (χ2v) is 9.01. The molecule has 3 rings (SSSR count). The molecule has 2 heterocycles. The maximum atomic E-state index is 12.2. The van der Waals surface area contributed by atoms with E-state index in [4.69, 9.17) is 9.47 Å². The third kappa shape index (κ3) is 4.53. The zero-order chi connectivity index (χ0) is 18.3. The summed E-state index contributed by atoms with van der Waals surface area (Å²) >= 11 is 0. The average Bonchev–Trinajstić information content (AvgIpc) is 2.42. The molecule has 0 aliphatic carbocycles. The van der Waals surface area contributed by atoms with E-state index in [1.807, 2.05) is 26.8 Å². The van der Waals surface area contributed by atoms with Crippen molar-refractivity contribution >= 4 is 6.09 Å². The van der Waals surface area contributed by atoms with E-state index < -0.39 is 5.60 Å². The van der Waals surface area contributed by atoms with Gasteiger partial charge in [0.05, 0.1) is 18.7 Å². The molecule has 0 N–H and O–H groups in total. The minimum absolute atomic E-state index is 0.229. The summed E-state index contributed by atoms with van der Waals surface area (Å²) in [5.74, 6) is 0. The Morgan fingerprint density at radius 2 is 1.76 bits per heavy atom. The Morgan fingerprint density at radius 3 is 2.36 bits per heavy atom. The standard InChI is InChI=1S/C20H30N2O3/c1-18(2,3)24-17(23)22-14-20(15-22)13-21(12-19(4,5)25-20)11-16-9-7-6-8-10-16/h6-10H,11-15H2,1-5H3. The van der Waals surface area contributed by atoms with Crippen molar-refractivity contribution in [2.75, 3.05) is 26.2 Å². The zero-order valence-corrected chi connectivity index (χ0v) is 16.0. The van der Waals surface area contributed by atoms with Gasteiger partial charge in [-0.15, -0.1) is 0 Å². The normalized spacial score (nSPS) is 22.5. The van der Waals surface area contributed by atoms with Gasteiger partial charge in [-0.05, 0) is 40.2 Å². The van der Waals surface area contributed by atoms with Crippen LogP contribution in [0.15, 0.2) is 30.3 Å². The Labute approximate surface area is 150 Å². The summed E-state index contributed by atoms with van der Waals surface area (Å²) in [5.41, 5.74) is 0.325. The summed E-state index contributed by atoms with van der Waals surface area (Å²) in [6.45, 7) is 13.7. The van der Waals surface area contributed by atoms with Crippen molar-refractivity contribution in [3.05, 3.63) is 35.9 Å². The molecular weight excluding hydrogens is 316 g/mol. The van der Waals surface area contributed by atoms with E-state index in [2.05, 4.69) is 43.0 Å². The van der Waals surface area contributed by atoms with Gasteiger partial charge in [0.1, 0.15) is 11.2 Å². The third-order valence-corrected chi connectivity index (χ3v) is 4.47. The van der Waals surface area contributed by atoms with Crippen LogP contribution in [0.25, 0.3) is 0 Å². The lowest BCUT2D eigenvalue weighted by molar-refractivity contribution is -0.243. The first-order valence-electron chi connectivity index (χ1n) is 9.00. The fourth-order valence-corrected chi connectivity index (χ4v) is 3.88. The first-order chi connectivity index (χ1) is 11.6. The van der Waals surface area contributed by atoms with E-state index in [1.54, 1.807) is 4.90 Å². The predicted octanol–water partition coefficient (Wildman–Crippen LogP) is 3.29. The Bertz CT molecular complexity index is 616. The number of carbonyl (C=O) groups is 1. The molecule has 0 aromatic heterocycles.